The minimum atomic E-state index is -4.25. The van der Waals surface area contributed by atoms with Crippen LogP contribution in [-0.4, -0.2) is 19.6 Å². The third kappa shape index (κ3) is 8.16. The average Bonchev–Trinajstić information content (AvgIpc) is 0.808. The number of fused-ring (bicyclic) bond motifs is 1. The van der Waals surface area contributed by atoms with Gasteiger partial charge in [-0.2, -0.15) is 0 Å². The van der Waals surface area contributed by atoms with E-state index in [4.69, 9.17) is 40.6 Å². The summed E-state index contributed by atoms with van der Waals surface area (Å²) < 4.78 is 238. The Morgan fingerprint density at radius 3 is 2.07 bits per heavy atom. The van der Waals surface area contributed by atoms with Crippen molar-refractivity contribution < 1.29 is 42.1 Å². The Labute approximate surface area is 401 Å². The van der Waals surface area contributed by atoms with Crippen molar-refractivity contribution in [2.75, 3.05) is 0 Å². The van der Waals surface area contributed by atoms with E-state index in [1.54, 1.807) is 86.6 Å². The van der Waals surface area contributed by atoms with E-state index < -0.39 is 151 Å². The molecule has 0 spiro atoms. The molecule has 0 aliphatic heterocycles. The van der Waals surface area contributed by atoms with Crippen LogP contribution < -0.4 is 0 Å². The molecule has 0 fully saturated rings. The summed E-state index contributed by atoms with van der Waals surface area (Å²) in [5.41, 5.74) is -11.9. The van der Waals surface area contributed by atoms with Gasteiger partial charge in [-0.05, 0) is 110 Å². The van der Waals surface area contributed by atoms with Crippen LogP contribution in [0.3, 0.4) is 0 Å². The van der Waals surface area contributed by atoms with Gasteiger partial charge < -0.3 is 5.11 Å². The van der Waals surface area contributed by atoms with Gasteiger partial charge in [0.05, 0.1) is 38.9 Å². The Balaban J connectivity index is 1.64. The summed E-state index contributed by atoms with van der Waals surface area (Å²) in [5, 5.41) is 13.1. The molecule has 0 saturated carbocycles. The van der Waals surface area contributed by atoms with Crippen molar-refractivity contribution in [3.63, 3.8) is 0 Å². The van der Waals surface area contributed by atoms with E-state index in [2.05, 4.69) is 4.98 Å². The topological polar surface area (TPSA) is 50.9 Å². The van der Waals surface area contributed by atoms with Crippen LogP contribution in [0.5, 0.6) is 5.75 Å². The fourth-order valence-corrected chi connectivity index (χ4v) is 7.26. The Morgan fingerprint density at radius 2 is 1.36 bits per heavy atom. The highest BCUT2D eigenvalue weighted by Gasteiger charge is 2.29. The highest BCUT2D eigenvalue weighted by molar-refractivity contribution is 5.98. The zero-order chi connectivity index (χ0) is 66.3. The Morgan fingerprint density at radius 1 is 0.639 bits per heavy atom. The number of hydrogen-bond acceptors (Lipinski definition) is 3. The summed E-state index contributed by atoms with van der Waals surface area (Å²) in [4.78, 5) is 9.42. The van der Waals surface area contributed by atoms with Crippen molar-refractivity contribution in [2.24, 2.45) is 0 Å². The molecule has 4 nitrogen and oxygen atoms in total. The number of aromatic hydroxyl groups is 1. The Bertz CT molecular complexity index is 3980. The van der Waals surface area contributed by atoms with Crippen molar-refractivity contribution >= 4 is 11.0 Å². The van der Waals surface area contributed by atoms with Gasteiger partial charge in [0.2, 0.25) is 0 Å². The Kier molecular flexibility index (Phi) is 5.15. The van der Waals surface area contributed by atoms with E-state index in [1.165, 1.54) is 16.7 Å². The molecule has 0 unspecified atom stereocenters. The number of hydrogen-bond donors (Lipinski definition) is 1. The van der Waals surface area contributed by atoms with Gasteiger partial charge in [0.1, 0.15) is 11.6 Å². The van der Waals surface area contributed by atoms with Gasteiger partial charge in [-0.15, -0.1) is 0 Å². The molecule has 0 aliphatic carbocycles. The molecule has 8 rings (SSSR count). The van der Waals surface area contributed by atoms with Gasteiger partial charge in [-0.25, -0.2) is 4.98 Å². The van der Waals surface area contributed by atoms with Crippen LogP contribution in [0.4, 0.5) is 0 Å². The van der Waals surface area contributed by atoms with Gasteiger partial charge in [0, 0.05) is 54.5 Å². The second kappa shape index (κ2) is 15.6. The normalized spacial score (nSPS) is 20.2. The fourth-order valence-electron chi connectivity index (χ4n) is 7.26. The number of para-hydroxylation sites is 1. The van der Waals surface area contributed by atoms with Crippen molar-refractivity contribution in [2.45, 2.75) is 97.9 Å². The van der Waals surface area contributed by atoms with Crippen LogP contribution >= 0.6 is 0 Å². The highest BCUT2D eigenvalue weighted by atomic mass is 16.3. The first-order valence-electron chi connectivity index (χ1n) is 32.8. The maximum atomic E-state index is 13.1. The molecular formula is C57H59N3O. The van der Waals surface area contributed by atoms with Crippen molar-refractivity contribution in [3.05, 3.63) is 168 Å². The zero-order valence-corrected chi connectivity index (χ0v) is 34.0. The fraction of sp³-hybridized carbons (Fsp3) is 0.263. The van der Waals surface area contributed by atoms with Gasteiger partial charge in [0.15, 0.2) is 0 Å². The lowest BCUT2D eigenvalue weighted by Gasteiger charge is -2.27. The summed E-state index contributed by atoms with van der Waals surface area (Å²) >= 11 is 0. The molecule has 0 aliphatic rings. The monoisotopic (exact) mass is 829 g/mol. The number of imidazole rings is 1. The van der Waals surface area contributed by atoms with Crippen LogP contribution in [0, 0.1) is 0 Å². The number of nitrogens with zero attached hydrogens (tertiary/aromatic N) is 3. The first-order valence-corrected chi connectivity index (χ1v) is 19.3. The number of phenols is 1. The van der Waals surface area contributed by atoms with Gasteiger partial charge in [-0.1, -0.05) is 167 Å². The second-order valence-electron chi connectivity index (χ2n) is 16.2. The lowest BCUT2D eigenvalue weighted by Crippen LogP contribution is -2.17. The summed E-state index contributed by atoms with van der Waals surface area (Å²) in [7, 11) is 0. The van der Waals surface area contributed by atoms with E-state index in [0.717, 1.165) is 0 Å². The number of phenolic OH excluding ortho intramolecular Hbond substituents is 1. The van der Waals surface area contributed by atoms with Crippen LogP contribution in [0.2, 0.25) is 0 Å². The molecule has 0 atom stereocenters. The lowest BCUT2D eigenvalue weighted by molar-refractivity contribution is 0.446. The summed E-state index contributed by atoms with van der Waals surface area (Å²) in [6.07, 6.45) is -0.726. The van der Waals surface area contributed by atoms with E-state index in [-0.39, 0.29) is 45.2 Å². The van der Waals surface area contributed by atoms with Crippen molar-refractivity contribution in [1.29, 1.82) is 0 Å². The van der Waals surface area contributed by atoms with Crippen LogP contribution in [0.1, 0.15) is 141 Å². The molecule has 61 heavy (non-hydrogen) atoms. The molecule has 8 aromatic rings. The molecule has 2 heterocycles. The molecule has 6 aromatic carbocycles. The molecule has 0 amide bonds. The van der Waals surface area contributed by atoms with E-state index in [1.807, 2.05) is 20.8 Å². The summed E-state index contributed by atoms with van der Waals surface area (Å²) in [5.74, 6) is -3.36. The first kappa shape index (κ1) is 20.1. The van der Waals surface area contributed by atoms with Crippen LogP contribution in [0.25, 0.3) is 72.7 Å². The van der Waals surface area contributed by atoms with Crippen molar-refractivity contribution in [1.82, 2.24) is 14.5 Å². The molecular weight excluding hydrogens is 743 g/mol. The predicted molar refractivity (Wildman–Crippen MR) is 258 cm³/mol. The average molecular weight is 829 g/mol. The molecule has 2 aromatic heterocycles. The van der Waals surface area contributed by atoms with E-state index >= 15 is 0 Å². The quantitative estimate of drug-likeness (QED) is 0.174. The third-order valence-electron chi connectivity index (χ3n) is 10.5. The van der Waals surface area contributed by atoms with E-state index in [9.17, 15) is 6.48 Å². The summed E-state index contributed by atoms with van der Waals surface area (Å²) in [6, 6.07) is 18.6. The van der Waals surface area contributed by atoms with Gasteiger partial charge in [-0.3, -0.25) is 9.55 Å². The third-order valence-corrected chi connectivity index (χ3v) is 10.5. The largest absolute Gasteiger partial charge is 0.507 e. The summed E-state index contributed by atoms with van der Waals surface area (Å²) in [6.45, 7) is -16.4. The SMILES string of the molecule is [2H]c1nc(-c2cc(-c3cccc4c3nc(-c3cc(C(C([2H])([2H])[2H])(C([2H])([2H])[2H])C([2H])([2H])[2H])cc(C(C([2H])([2H])[2H])(C([2H])([2H])[2H])C([2H])([2H])[2H])c3O)n4-c3ccc(C([2H])(C)C)cc3-c3ccccc3)cc(C(C)(C)C)c2)c([2H])c(-c2c([2H])c([2H])c([2H])c([2H])c2[2H])c1[2H]. The minimum absolute atomic E-state index is 0.0613. The molecule has 4 heteroatoms. The zero-order valence-electron chi connectivity index (χ0n) is 61.0. The standard InChI is InChI=1S/C57H59N3O/c1-36(2)39-25-26-50(46(32-39)38-21-16-13-17-22-38)60-51-24-18-23-45(52(51)59-54(60)47-34-44(56(6,7)8)35-48(53(47)61)57(9,10)11)41-29-42(31-43(30-41)55(3,4)5)49-33-40(27-28-58-49)37-19-14-12-15-20-37/h12-36,61H,1-11H3/i6D3,7D3,8D3,9D3,10D3,11D3,12D,14D,15D,19D,20D,27D,28D,33D,36D. The predicted octanol–water partition coefficient (Wildman–Crippen LogP) is 15.5. The van der Waals surface area contributed by atoms with Crippen LogP contribution in [-0.2, 0) is 16.2 Å². The first-order chi connectivity index (χ1) is 40.0. The molecule has 0 bridgehead atoms. The number of rotatable bonds is 7. The minimum Gasteiger partial charge on any atom is -0.507 e. The van der Waals surface area contributed by atoms with Gasteiger partial charge >= 0.3 is 0 Å². The Hall–Kier alpha value is -6.26. The molecule has 1 N–H and O–H groups in total. The van der Waals surface area contributed by atoms with Gasteiger partial charge in [0.25, 0.3) is 0 Å². The molecule has 308 valence electrons. The molecule has 0 saturated heterocycles. The number of pyridine rings is 1. The van der Waals surface area contributed by atoms with Crippen LogP contribution in [0.15, 0.2) is 146 Å². The lowest BCUT2D eigenvalue weighted by atomic mass is 9.79. The number of benzene rings is 6. The maximum absolute atomic E-state index is 13.1. The second-order valence-corrected chi connectivity index (χ2v) is 16.2. The van der Waals surface area contributed by atoms with Crippen molar-refractivity contribution in [3.8, 4) is 67.5 Å². The number of aromatic nitrogens is 3. The maximum Gasteiger partial charge on any atom is 0.149 e. The van der Waals surface area contributed by atoms with E-state index in [0.29, 0.717) is 28.3 Å². The highest BCUT2D eigenvalue weighted by Crippen LogP contribution is 2.46. The smallest absolute Gasteiger partial charge is 0.149 e. The molecule has 0 radical (unpaired) electrons.